The van der Waals surface area contributed by atoms with Crippen LogP contribution in [0, 0.1) is 11.3 Å². The topological polar surface area (TPSA) is 105 Å². The maximum Gasteiger partial charge on any atom is 0.368 e. The third-order valence-corrected chi connectivity index (χ3v) is 4.68. The fourth-order valence-corrected chi connectivity index (χ4v) is 3.29. The maximum atomic E-state index is 12.3. The fourth-order valence-electron chi connectivity index (χ4n) is 3.29. The monoisotopic (exact) mass is 385 g/mol. The van der Waals surface area contributed by atoms with Crippen LogP contribution in [0.5, 0.6) is 0 Å². The van der Waals surface area contributed by atoms with Gasteiger partial charge in [0.1, 0.15) is 5.71 Å². The summed E-state index contributed by atoms with van der Waals surface area (Å²) in [6.45, 7) is 0.544. The van der Waals surface area contributed by atoms with Gasteiger partial charge in [-0.3, -0.25) is 0 Å². The second-order valence-corrected chi connectivity index (χ2v) is 6.46. The van der Waals surface area contributed by atoms with Crippen LogP contribution in [0.2, 0.25) is 0 Å². The zero-order chi connectivity index (χ0) is 20.4. The van der Waals surface area contributed by atoms with Gasteiger partial charge in [0.2, 0.25) is 0 Å². The van der Waals surface area contributed by atoms with Crippen LogP contribution in [0.3, 0.4) is 0 Å². The average molecular weight is 385 g/mol. The van der Waals surface area contributed by atoms with Gasteiger partial charge in [0, 0.05) is 34.8 Å². The number of hydrogen-bond acceptors (Lipinski definition) is 5. The number of fused-ring (bicyclic) bond motifs is 1. The Hall–Kier alpha value is -4.18. The molecule has 0 unspecified atom stereocenters. The Labute approximate surface area is 165 Å². The molecule has 0 aliphatic carbocycles. The number of carbonyl (C=O) groups excluding carboxylic acids is 1. The molecule has 7 heteroatoms. The van der Waals surface area contributed by atoms with E-state index < -0.39 is 11.9 Å². The summed E-state index contributed by atoms with van der Waals surface area (Å²) in [4.78, 5) is 28.2. The van der Waals surface area contributed by atoms with Gasteiger partial charge in [-0.2, -0.15) is 5.26 Å². The van der Waals surface area contributed by atoms with Crippen molar-refractivity contribution in [3.63, 3.8) is 0 Å². The third kappa shape index (κ3) is 3.39. The second-order valence-electron chi connectivity index (χ2n) is 6.46. The summed E-state index contributed by atoms with van der Waals surface area (Å²) in [5.74, 6) is -1.60. The first-order valence-electron chi connectivity index (χ1n) is 8.88. The van der Waals surface area contributed by atoms with Gasteiger partial charge in [0.15, 0.2) is 0 Å². The molecular weight excluding hydrogens is 370 g/mol. The van der Waals surface area contributed by atoms with E-state index in [1.54, 1.807) is 18.2 Å². The first-order valence-corrected chi connectivity index (χ1v) is 8.88. The van der Waals surface area contributed by atoms with Crippen LogP contribution in [-0.2, 0) is 16.2 Å². The first kappa shape index (κ1) is 18.2. The van der Waals surface area contributed by atoms with E-state index in [0.717, 1.165) is 16.5 Å². The molecule has 1 aromatic heterocycles. The normalized spacial score (nSPS) is 14.7. The van der Waals surface area contributed by atoms with Gasteiger partial charge in [0.25, 0.3) is 0 Å². The lowest BCUT2D eigenvalue weighted by atomic mass is 9.99. The minimum absolute atomic E-state index is 0.144. The van der Waals surface area contributed by atoms with Crippen molar-refractivity contribution in [2.75, 3.05) is 0 Å². The molecule has 0 fully saturated rings. The number of carboxylic acids is 1. The summed E-state index contributed by atoms with van der Waals surface area (Å²) in [7, 11) is 0. The van der Waals surface area contributed by atoms with Crippen LogP contribution >= 0.6 is 0 Å². The highest BCUT2D eigenvalue weighted by Crippen LogP contribution is 2.27. The number of oxime groups is 1. The van der Waals surface area contributed by atoms with Crippen LogP contribution in [0.15, 0.2) is 65.5 Å². The van der Waals surface area contributed by atoms with Crippen LogP contribution in [0.4, 0.5) is 0 Å². The number of hydrogen-bond donors (Lipinski definition) is 1. The van der Waals surface area contributed by atoms with Crippen molar-refractivity contribution in [3.05, 3.63) is 77.0 Å². The Morgan fingerprint density at radius 3 is 2.69 bits per heavy atom. The van der Waals surface area contributed by atoms with Gasteiger partial charge in [-0.05, 0) is 24.3 Å². The number of rotatable bonds is 5. The summed E-state index contributed by atoms with van der Waals surface area (Å²) < 4.78 is 1.98. The molecule has 1 aliphatic rings. The molecule has 29 heavy (non-hydrogen) atoms. The smallest absolute Gasteiger partial charge is 0.368 e. The predicted molar refractivity (Wildman–Crippen MR) is 106 cm³/mol. The average Bonchev–Trinajstić information content (AvgIpc) is 3.28. The molecule has 1 aliphatic heterocycles. The number of aromatic nitrogens is 1. The van der Waals surface area contributed by atoms with Crippen molar-refractivity contribution >= 4 is 34.6 Å². The number of nitrogens with zero attached hydrogens (tertiary/aromatic N) is 3. The molecule has 4 rings (SSSR count). The highest BCUT2D eigenvalue weighted by molar-refractivity contribution is 6.31. The summed E-state index contributed by atoms with van der Waals surface area (Å²) in [5, 5.41) is 22.8. The quantitative estimate of drug-likeness (QED) is 0.534. The number of aryl methyl sites for hydroxylation is 1. The molecule has 0 saturated carbocycles. The number of benzene rings is 2. The van der Waals surface area contributed by atoms with Gasteiger partial charge >= 0.3 is 11.9 Å². The van der Waals surface area contributed by atoms with E-state index in [9.17, 15) is 9.59 Å². The van der Waals surface area contributed by atoms with E-state index >= 15 is 0 Å². The minimum atomic E-state index is -1.03. The van der Waals surface area contributed by atoms with Crippen molar-refractivity contribution in [2.24, 2.45) is 5.16 Å². The Balaban J connectivity index is 1.76. The maximum absolute atomic E-state index is 12.3. The van der Waals surface area contributed by atoms with Gasteiger partial charge in [-0.15, -0.1) is 0 Å². The number of nitriles is 1. The molecule has 0 spiro atoms. The SMILES string of the molecule is N#CCCn1cc(/C=C2\C(=O)ON=C2c2ccc(C(=O)O)cc2)c2ccccc21. The Kier molecular flexibility index (Phi) is 4.67. The molecule has 142 valence electrons. The lowest BCUT2D eigenvalue weighted by Gasteiger charge is -2.01. The van der Waals surface area contributed by atoms with E-state index in [4.69, 9.17) is 15.2 Å². The lowest BCUT2D eigenvalue weighted by molar-refractivity contribution is -0.136. The fraction of sp³-hybridized carbons (Fsp3) is 0.0909. The largest absolute Gasteiger partial charge is 0.478 e. The van der Waals surface area contributed by atoms with Crippen molar-refractivity contribution in [2.45, 2.75) is 13.0 Å². The van der Waals surface area contributed by atoms with Gasteiger partial charge in [-0.1, -0.05) is 35.5 Å². The number of carbonyl (C=O) groups is 2. The standard InChI is InChI=1S/C22H15N3O4/c23-10-3-11-25-13-16(17-4-1-2-5-19(17)25)12-18-20(24-29-22(18)28)14-6-8-15(9-7-14)21(26)27/h1-2,4-9,12-13H,3,11H2,(H,26,27)/b18-12-. The Morgan fingerprint density at radius 2 is 1.97 bits per heavy atom. The second kappa shape index (κ2) is 7.44. The molecule has 0 amide bonds. The molecule has 0 saturated heterocycles. The van der Waals surface area contributed by atoms with E-state index in [-0.39, 0.29) is 11.1 Å². The van der Waals surface area contributed by atoms with Crippen molar-refractivity contribution in [3.8, 4) is 6.07 Å². The lowest BCUT2D eigenvalue weighted by Crippen LogP contribution is -2.07. The van der Waals surface area contributed by atoms with Gasteiger partial charge < -0.3 is 14.5 Å². The summed E-state index contributed by atoms with van der Waals surface area (Å²) in [6.07, 6.45) is 3.98. The summed E-state index contributed by atoms with van der Waals surface area (Å²) >= 11 is 0. The van der Waals surface area contributed by atoms with Crippen LogP contribution in [-0.4, -0.2) is 27.3 Å². The minimum Gasteiger partial charge on any atom is -0.478 e. The molecule has 2 heterocycles. The first-order chi connectivity index (χ1) is 14.1. The van der Waals surface area contributed by atoms with E-state index in [1.165, 1.54) is 12.1 Å². The number of carboxylic acid groups (broad SMARTS) is 1. The highest BCUT2D eigenvalue weighted by Gasteiger charge is 2.27. The molecular formula is C22H15N3O4. The molecule has 3 aromatic rings. The molecule has 0 atom stereocenters. The molecule has 2 aromatic carbocycles. The number of aromatic carboxylic acids is 1. The molecule has 0 bridgehead atoms. The van der Waals surface area contributed by atoms with Gasteiger partial charge in [-0.25, -0.2) is 9.59 Å². The predicted octanol–water partition coefficient (Wildman–Crippen LogP) is 3.60. The Morgan fingerprint density at radius 1 is 1.21 bits per heavy atom. The van der Waals surface area contributed by atoms with Crippen molar-refractivity contribution < 1.29 is 19.5 Å². The van der Waals surface area contributed by atoms with E-state index in [0.29, 0.717) is 24.2 Å². The Bertz CT molecular complexity index is 1230. The summed E-state index contributed by atoms with van der Waals surface area (Å²) in [5.41, 5.74) is 3.13. The van der Waals surface area contributed by atoms with Crippen LogP contribution in [0.1, 0.15) is 27.9 Å². The van der Waals surface area contributed by atoms with Gasteiger partial charge in [0.05, 0.1) is 23.6 Å². The summed E-state index contributed by atoms with van der Waals surface area (Å²) in [6, 6.07) is 16.0. The zero-order valence-corrected chi connectivity index (χ0v) is 15.2. The zero-order valence-electron chi connectivity index (χ0n) is 15.2. The highest BCUT2D eigenvalue weighted by atomic mass is 16.7. The number of para-hydroxylation sites is 1. The van der Waals surface area contributed by atoms with Crippen molar-refractivity contribution in [1.82, 2.24) is 4.57 Å². The molecule has 7 nitrogen and oxygen atoms in total. The third-order valence-electron chi connectivity index (χ3n) is 4.68. The van der Waals surface area contributed by atoms with E-state index in [2.05, 4.69) is 11.2 Å². The van der Waals surface area contributed by atoms with Crippen LogP contribution in [0.25, 0.3) is 17.0 Å². The van der Waals surface area contributed by atoms with E-state index in [1.807, 2.05) is 35.0 Å². The molecule has 0 radical (unpaired) electrons. The van der Waals surface area contributed by atoms with Crippen molar-refractivity contribution in [1.29, 1.82) is 5.26 Å². The van der Waals surface area contributed by atoms with Crippen LogP contribution < -0.4 is 0 Å². The molecule has 1 N–H and O–H groups in total.